The van der Waals surface area contributed by atoms with Crippen LogP contribution in [0.3, 0.4) is 0 Å². The molecule has 1 heterocycles. The summed E-state index contributed by atoms with van der Waals surface area (Å²) >= 11 is 12.4. The van der Waals surface area contributed by atoms with Gasteiger partial charge in [-0.2, -0.15) is 0 Å². The smallest absolute Gasteiger partial charge is 0.254 e. The van der Waals surface area contributed by atoms with Gasteiger partial charge < -0.3 is 10.2 Å². The average molecular weight is 433 g/mol. The summed E-state index contributed by atoms with van der Waals surface area (Å²) in [6.07, 6.45) is 2.04. The molecule has 154 valence electrons. The van der Waals surface area contributed by atoms with Gasteiger partial charge in [-0.15, -0.1) is 0 Å². The van der Waals surface area contributed by atoms with Crippen molar-refractivity contribution in [2.45, 2.75) is 52.1 Å². The summed E-state index contributed by atoms with van der Waals surface area (Å²) in [5.74, 6) is -0.0273. The minimum atomic E-state index is -0.0624. The number of amides is 2. The van der Waals surface area contributed by atoms with Gasteiger partial charge in [0.2, 0.25) is 5.91 Å². The summed E-state index contributed by atoms with van der Waals surface area (Å²) in [7, 11) is 0. The van der Waals surface area contributed by atoms with Crippen molar-refractivity contribution in [2.75, 3.05) is 6.54 Å². The molecule has 0 aromatic heterocycles. The Labute approximate surface area is 182 Å². The Morgan fingerprint density at radius 1 is 1.10 bits per heavy atom. The van der Waals surface area contributed by atoms with E-state index >= 15 is 0 Å². The number of aryl methyl sites for hydroxylation is 2. The van der Waals surface area contributed by atoms with E-state index in [1.165, 1.54) is 6.92 Å². The predicted octanol–water partition coefficient (Wildman–Crippen LogP) is 4.96. The summed E-state index contributed by atoms with van der Waals surface area (Å²) in [4.78, 5) is 26.8. The average Bonchev–Trinajstić information content (AvgIpc) is 2.62. The van der Waals surface area contributed by atoms with E-state index in [0.717, 1.165) is 23.1 Å². The molecule has 29 heavy (non-hydrogen) atoms. The molecule has 2 aromatic rings. The fourth-order valence-corrected chi connectivity index (χ4v) is 4.62. The number of piperidine rings is 1. The fourth-order valence-electron chi connectivity index (χ4n) is 4.14. The first kappa shape index (κ1) is 21.7. The summed E-state index contributed by atoms with van der Waals surface area (Å²) < 4.78 is 0. The van der Waals surface area contributed by atoms with Gasteiger partial charge in [0.15, 0.2) is 0 Å². The maximum absolute atomic E-state index is 13.4. The van der Waals surface area contributed by atoms with Gasteiger partial charge >= 0.3 is 0 Å². The fraction of sp³-hybridized carbons (Fsp3) is 0.391. The van der Waals surface area contributed by atoms with E-state index in [4.69, 9.17) is 23.2 Å². The Hall–Kier alpha value is -2.04. The second-order valence-electron chi connectivity index (χ2n) is 7.89. The molecule has 1 aliphatic rings. The zero-order valence-electron chi connectivity index (χ0n) is 17.0. The molecule has 0 unspecified atom stereocenters. The normalized spacial score (nSPS) is 19.1. The Bertz CT molecular complexity index is 909. The molecule has 2 aromatic carbocycles. The van der Waals surface area contributed by atoms with Gasteiger partial charge in [0.05, 0.1) is 0 Å². The van der Waals surface area contributed by atoms with Crippen LogP contribution in [0.15, 0.2) is 36.4 Å². The van der Waals surface area contributed by atoms with Gasteiger partial charge in [0.1, 0.15) is 0 Å². The number of nitrogens with one attached hydrogen (secondary N) is 1. The lowest BCUT2D eigenvalue weighted by Gasteiger charge is -2.40. The second kappa shape index (κ2) is 9.19. The molecule has 4 nitrogen and oxygen atoms in total. The lowest BCUT2D eigenvalue weighted by atomic mass is 9.91. The number of nitrogens with zero attached hydrogens (tertiary/aromatic N) is 1. The summed E-state index contributed by atoms with van der Waals surface area (Å²) in [5, 5.41) is 4.19. The molecule has 1 fully saturated rings. The molecule has 3 rings (SSSR count). The number of carbonyl (C=O) groups is 2. The first-order valence-corrected chi connectivity index (χ1v) is 10.6. The van der Waals surface area contributed by atoms with Crippen LogP contribution in [0.1, 0.15) is 46.8 Å². The van der Waals surface area contributed by atoms with E-state index in [1.807, 2.05) is 43.0 Å². The van der Waals surface area contributed by atoms with E-state index in [1.54, 1.807) is 6.07 Å². The lowest BCUT2D eigenvalue weighted by Crippen LogP contribution is -2.52. The Balaban J connectivity index is 1.88. The molecule has 0 bridgehead atoms. The first-order chi connectivity index (χ1) is 13.7. The topological polar surface area (TPSA) is 49.4 Å². The Morgan fingerprint density at radius 3 is 2.41 bits per heavy atom. The van der Waals surface area contributed by atoms with Crippen molar-refractivity contribution in [1.82, 2.24) is 10.2 Å². The van der Waals surface area contributed by atoms with Gasteiger partial charge in [-0.25, -0.2) is 0 Å². The summed E-state index contributed by atoms with van der Waals surface area (Å²) in [6.45, 7) is 6.11. The van der Waals surface area contributed by atoms with Crippen molar-refractivity contribution < 1.29 is 9.59 Å². The summed E-state index contributed by atoms with van der Waals surface area (Å²) in [6, 6.07) is 11.4. The van der Waals surface area contributed by atoms with Crippen LogP contribution in [-0.4, -0.2) is 35.3 Å². The molecule has 0 saturated carbocycles. The molecule has 0 radical (unpaired) electrons. The van der Waals surface area contributed by atoms with Crippen molar-refractivity contribution in [1.29, 1.82) is 0 Å². The first-order valence-electron chi connectivity index (χ1n) is 9.83. The van der Waals surface area contributed by atoms with Gasteiger partial charge in [-0.3, -0.25) is 9.59 Å². The van der Waals surface area contributed by atoms with Crippen molar-refractivity contribution in [3.05, 3.63) is 68.7 Å². The zero-order valence-corrected chi connectivity index (χ0v) is 18.5. The van der Waals surface area contributed by atoms with Crippen LogP contribution in [0.25, 0.3) is 0 Å². The number of halogens is 2. The van der Waals surface area contributed by atoms with Gasteiger partial charge in [-0.05, 0) is 62.9 Å². The van der Waals surface area contributed by atoms with Crippen molar-refractivity contribution >= 4 is 35.0 Å². The summed E-state index contributed by atoms with van der Waals surface area (Å²) in [5.41, 5.74) is 3.79. The highest BCUT2D eigenvalue weighted by Gasteiger charge is 2.33. The molecule has 1 saturated heterocycles. The maximum Gasteiger partial charge on any atom is 0.254 e. The van der Waals surface area contributed by atoms with Crippen LogP contribution < -0.4 is 5.32 Å². The number of hydrogen-bond acceptors (Lipinski definition) is 2. The van der Waals surface area contributed by atoms with E-state index in [0.29, 0.717) is 35.0 Å². The van der Waals surface area contributed by atoms with Crippen LogP contribution in [0, 0.1) is 13.8 Å². The largest absolute Gasteiger partial charge is 0.353 e. The highest BCUT2D eigenvalue weighted by Crippen LogP contribution is 2.28. The molecule has 2 atom stereocenters. The van der Waals surface area contributed by atoms with E-state index in [2.05, 4.69) is 11.4 Å². The van der Waals surface area contributed by atoms with Gasteiger partial charge in [-0.1, -0.05) is 46.5 Å². The van der Waals surface area contributed by atoms with Crippen molar-refractivity contribution in [2.24, 2.45) is 0 Å². The second-order valence-corrected chi connectivity index (χ2v) is 8.73. The molecule has 2 amide bonds. The number of likely N-dealkylation sites (tertiary alicyclic amines) is 1. The SMILES string of the molecule is CC(=O)N[C@H]1CCN(C(=O)c2cc(C)cc(C)c2)[C@H](Cc2ccc(Cl)cc2Cl)C1. The van der Waals surface area contributed by atoms with Crippen LogP contribution in [0.5, 0.6) is 0 Å². The number of hydrogen-bond donors (Lipinski definition) is 1. The zero-order chi connectivity index (χ0) is 21.1. The van der Waals surface area contributed by atoms with Crippen LogP contribution in [-0.2, 0) is 11.2 Å². The highest BCUT2D eigenvalue weighted by atomic mass is 35.5. The Morgan fingerprint density at radius 2 is 1.79 bits per heavy atom. The molecule has 1 aliphatic heterocycles. The van der Waals surface area contributed by atoms with Crippen LogP contribution >= 0.6 is 23.2 Å². The third-order valence-electron chi connectivity index (χ3n) is 5.32. The van der Waals surface area contributed by atoms with Crippen LogP contribution in [0.2, 0.25) is 10.0 Å². The third-order valence-corrected chi connectivity index (χ3v) is 5.91. The minimum Gasteiger partial charge on any atom is -0.353 e. The molecule has 0 aliphatic carbocycles. The van der Waals surface area contributed by atoms with Crippen molar-refractivity contribution in [3.63, 3.8) is 0 Å². The van der Waals surface area contributed by atoms with E-state index < -0.39 is 0 Å². The number of benzene rings is 2. The van der Waals surface area contributed by atoms with E-state index in [9.17, 15) is 9.59 Å². The van der Waals surface area contributed by atoms with Gasteiger partial charge in [0.25, 0.3) is 5.91 Å². The molecule has 1 N–H and O–H groups in total. The minimum absolute atomic E-state index is 0.0214. The molecular weight excluding hydrogens is 407 g/mol. The monoisotopic (exact) mass is 432 g/mol. The Kier molecular flexibility index (Phi) is 6.86. The highest BCUT2D eigenvalue weighted by molar-refractivity contribution is 6.35. The van der Waals surface area contributed by atoms with Crippen LogP contribution in [0.4, 0.5) is 0 Å². The number of rotatable bonds is 4. The molecular formula is C23H26Cl2N2O2. The van der Waals surface area contributed by atoms with E-state index in [-0.39, 0.29) is 23.9 Å². The number of carbonyl (C=O) groups excluding carboxylic acids is 2. The molecule has 6 heteroatoms. The van der Waals surface area contributed by atoms with Crippen molar-refractivity contribution in [3.8, 4) is 0 Å². The maximum atomic E-state index is 13.4. The van der Waals surface area contributed by atoms with Gasteiger partial charge in [0, 0.05) is 41.2 Å². The molecule has 0 spiro atoms. The lowest BCUT2D eigenvalue weighted by molar-refractivity contribution is -0.120. The quantitative estimate of drug-likeness (QED) is 0.741. The predicted molar refractivity (Wildman–Crippen MR) is 118 cm³/mol. The third kappa shape index (κ3) is 5.52. The standard InChI is InChI=1S/C23H26Cl2N2O2/c1-14-8-15(2)10-18(9-14)23(29)27-7-6-20(26-16(3)28)13-21(27)11-17-4-5-19(24)12-22(17)25/h4-5,8-10,12,20-21H,6-7,11,13H2,1-3H3,(H,26,28)/t20-,21+/m0/s1.